The summed E-state index contributed by atoms with van der Waals surface area (Å²) >= 11 is 0. The highest BCUT2D eigenvalue weighted by atomic mass is 16.3. The molecule has 2 heterocycles. The van der Waals surface area contributed by atoms with E-state index in [-0.39, 0.29) is 11.9 Å². The number of oxazole rings is 1. The molecule has 3 amide bonds. The van der Waals surface area contributed by atoms with Gasteiger partial charge in [-0.05, 0) is 25.1 Å². The fourth-order valence-electron chi connectivity index (χ4n) is 2.44. The number of carbonyl (C=O) groups excluding carboxylic acids is 2. The van der Waals surface area contributed by atoms with Crippen molar-refractivity contribution in [1.82, 2.24) is 15.2 Å². The van der Waals surface area contributed by atoms with Crippen LogP contribution in [0.2, 0.25) is 0 Å². The van der Waals surface area contributed by atoms with E-state index in [0.29, 0.717) is 19.0 Å². The van der Waals surface area contributed by atoms with Crippen LogP contribution in [-0.4, -0.2) is 41.0 Å². The molecule has 1 saturated heterocycles. The van der Waals surface area contributed by atoms with Gasteiger partial charge in [-0.15, -0.1) is 0 Å². The van der Waals surface area contributed by atoms with Crippen LogP contribution >= 0.6 is 0 Å². The van der Waals surface area contributed by atoms with Crippen LogP contribution in [0.15, 0.2) is 22.6 Å². The molecule has 1 aromatic heterocycles. The number of rotatable bonds is 4. The molecule has 0 aliphatic carbocycles. The molecule has 7 nitrogen and oxygen atoms in total. The zero-order chi connectivity index (χ0) is 15.7. The minimum atomic E-state index is -0.501. The number of anilines is 1. The van der Waals surface area contributed by atoms with Gasteiger partial charge >= 0.3 is 6.03 Å². The number of amides is 3. The molecule has 1 atom stereocenters. The van der Waals surface area contributed by atoms with E-state index in [1.165, 1.54) is 4.90 Å². The zero-order valence-corrected chi connectivity index (χ0v) is 12.5. The molecule has 116 valence electrons. The molecule has 2 N–H and O–H groups in total. The first-order chi connectivity index (χ1) is 10.6. The summed E-state index contributed by atoms with van der Waals surface area (Å²) in [6.07, 6.45) is 0.733. The Balaban J connectivity index is 1.74. The van der Waals surface area contributed by atoms with Crippen LogP contribution in [0.25, 0.3) is 11.1 Å². The summed E-state index contributed by atoms with van der Waals surface area (Å²) in [6, 6.07) is 4.66. The van der Waals surface area contributed by atoms with Gasteiger partial charge in [0, 0.05) is 25.2 Å². The maximum absolute atomic E-state index is 12.2. The van der Waals surface area contributed by atoms with E-state index in [2.05, 4.69) is 15.6 Å². The van der Waals surface area contributed by atoms with Crippen LogP contribution in [0.3, 0.4) is 0 Å². The second-order valence-corrected chi connectivity index (χ2v) is 5.23. The Morgan fingerprint density at radius 2 is 2.36 bits per heavy atom. The SMILES string of the molecule is CCc1nc2cc(NC(C)C(=O)N3CCNC3=O)ccc2o1. The van der Waals surface area contributed by atoms with Gasteiger partial charge in [-0.1, -0.05) is 6.92 Å². The maximum Gasteiger partial charge on any atom is 0.324 e. The van der Waals surface area contributed by atoms with Crippen LogP contribution in [0.1, 0.15) is 19.7 Å². The summed E-state index contributed by atoms with van der Waals surface area (Å²) in [4.78, 5) is 29.4. The number of hydrogen-bond acceptors (Lipinski definition) is 5. The van der Waals surface area contributed by atoms with Gasteiger partial charge in [0.1, 0.15) is 11.6 Å². The van der Waals surface area contributed by atoms with Crippen molar-refractivity contribution < 1.29 is 14.0 Å². The number of carbonyl (C=O) groups is 2. The van der Waals surface area contributed by atoms with Gasteiger partial charge in [-0.2, -0.15) is 0 Å². The van der Waals surface area contributed by atoms with Crippen LogP contribution in [-0.2, 0) is 11.2 Å². The number of benzene rings is 1. The lowest BCUT2D eigenvalue weighted by Crippen LogP contribution is -2.43. The van der Waals surface area contributed by atoms with Crippen molar-refractivity contribution in [3.8, 4) is 0 Å². The highest BCUT2D eigenvalue weighted by Crippen LogP contribution is 2.21. The molecular formula is C15H18N4O3. The summed E-state index contributed by atoms with van der Waals surface area (Å²) in [5.74, 6) is 0.439. The van der Waals surface area contributed by atoms with Crippen LogP contribution in [0, 0.1) is 0 Å². The molecule has 1 aliphatic heterocycles. The van der Waals surface area contributed by atoms with Crippen LogP contribution < -0.4 is 10.6 Å². The fraction of sp³-hybridized carbons (Fsp3) is 0.400. The average molecular weight is 302 g/mol. The van der Waals surface area contributed by atoms with Gasteiger partial charge in [0.05, 0.1) is 0 Å². The molecule has 1 unspecified atom stereocenters. The Bertz CT molecular complexity index is 725. The lowest BCUT2D eigenvalue weighted by molar-refractivity contribution is -0.128. The van der Waals surface area contributed by atoms with E-state index in [9.17, 15) is 9.59 Å². The van der Waals surface area contributed by atoms with Crippen molar-refractivity contribution in [3.05, 3.63) is 24.1 Å². The van der Waals surface area contributed by atoms with Crippen molar-refractivity contribution in [2.45, 2.75) is 26.3 Å². The minimum absolute atomic E-state index is 0.246. The van der Waals surface area contributed by atoms with Gasteiger partial charge in [0.2, 0.25) is 0 Å². The van der Waals surface area contributed by atoms with E-state index < -0.39 is 6.04 Å². The standard InChI is InChI=1S/C15H18N4O3/c1-3-13-18-11-8-10(4-5-12(11)22-13)17-9(2)14(20)19-7-6-16-15(19)21/h4-5,8-9,17H,3,6-7H2,1-2H3,(H,16,21). The van der Waals surface area contributed by atoms with Gasteiger partial charge in [-0.3, -0.25) is 9.69 Å². The number of nitrogens with one attached hydrogen (secondary N) is 2. The largest absolute Gasteiger partial charge is 0.441 e. The smallest absolute Gasteiger partial charge is 0.324 e. The lowest BCUT2D eigenvalue weighted by Gasteiger charge is -2.19. The zero-order valence-electron chi connectivity index (χ0n) is 12.5. The molecule has 0 spiro atoms. The number of hydrogen-bond donors (Lipinski definition) is 2. The average Bonchev–Trinajstić information content (AvgIpc) is 3.11. The first-order valence-electron chi connectivity index (χ1n) is 7.33. The summed E-state index contributed by atoms with van der Waals surface area (Å²) in [7, 11) is 0. The van der Waals surface area contributed by atoms with E-state index in [1.807, 2.05) is 25.1 Å². The number of aryl methyl sites for hydroxylation is 1. The summed E-state index contributed by atoms with van der Waals surface area (Å²) < 4.78 is 5.55. The summed E-state index contributed by atoms with van der Waals surface area (Å²) in [5.41, 5.74) is 2.24. The molecule has 2 aromatic rings. The Hall–Kier alpha value is -2.57. The Morgan fingerprint density at radius 1 is 1.55 bits per heavy atom. The molecule has 7 heteroatoms. The Morgan fingerprint density at radius 3 is 3.05 bits per heavy atom. The molecule has 22 heavy (non-hydrogen) atoms. The van der Waals surface area contributed by atoms with Crippen molar-refractivity contribution in [2.75, 3.05) is 18.4 Å². The number of fused-ring (bicyclic) bond motifs is 1. The first kappa shape index (κ1) is 14.4. The second-order valence-electron chi connectivity index (χ2n) is 5.23. The van der Waals surface area contributed by atoms with Crippen molar-refractivity contribution in [1.29, 1.82) is 0 Å². The Kier molecular flexibility index (Phi) is 3.70. The third-order valence-electron chi connectivity index (χ3n) is 3.61. The number of aromatic nitrogens is 1. The van der Waals surface area contributed by atoms with E-state index in [4.69, 9.17) is 4.42 Å². The van der Waals surface area contributed by atoms with Gasteiger partial charge in [-0.25, -0.2) is 9.78 Å². The number of imide groups is 1. The molecule has 1 aromatic carbocycles. The highest BCUT2D eigenvalue weighted by molar-refractivity contribution is 5.99. The summed E-state index contributed by atoms with van der Waals surface area (Å²) in [6.45, 7) is 4.62. The van der Waals surface area contributed by atoms with Crippen molar-refractivity contribution >= 4 is 28.7 Å². The maximum atomic E-state index is 12.2. The lowest BCUT2D eigenvalue weighted by atomic mass is 10.2. The quantitative estimate of drug-likeness (QED) is 0.898. The van der Waals surface area contributed by atoms with E-state index >= 15 is 0 Å². The Labute approximate surface area is 127 Å². The van der Waals surface area contributed by atoms with Crippen molar-refractivity contribution in [2.24, 2.45) is 0 Å². The molecule has 1 fully saturated rings. The first-order valence-corrected chi connectivity index (χ1v) is 7.33. The molecule has 0 saturated carbocycles. The topological polar surface area (TPSA) is 87.5 Å². The number of urea groups is 1. The van der Waals surface area contributed by atoms with Gasteiger partial charge in [0.25, 0.3) is 5.91 Å². The van der Waals surface area contributed by atoms with Gasteiger partial charge < -0.3 is 15.1 Å². The predicted octanol–water partition coefficient (Wildman–Crippen LogP) is 1.74. The van der Waals surface area contributed by atoms with E-state index in [0.717, 1.165) is 23.2 Å². The summed E-state index contributed by atoms with van der Waals surface area (Å²) in [5, 5.41) is 5.72. The monoisotopic (exact) mass is 302 g/mol. The molecule has 0 bridgehead atoms. The third kappa shape index (κ3) is 2.61. The number of nitrogens with zero attached hydrogens (tertiary/aromatic N) is 2. The molecule has 1 aliphatic rings. The minimum Gasteiger partial charge on any atom is -0.441 e. The second kappa shape index (κ2) is 5.67. The van der Waals surface area contributed by atoms with Crippen LogP contribution in [0.5, 0.6) is 0 Å². The predicted molar refractivity (Wildman–Crippen MR) is 81.6 cm³/mol. The van der Waals surface area contributed by atoms with Crippen molar-refractivity contribution in [3.63, 3.8) is 0 Å². The van der Waals surface area contributed by atoms with Gasteiger partial charge in [0.15, 0.2) is 11.5 Å². The molecular weight excluding hydrogens is 284 g/mol. The fourth-order valence-corrected chi connectivity index (χ4v) is 2.44. The highest BCUT2D eigenvalue weighted by Gasteiger charge is 2.29. The van der Waals surface area contributed by atoms with Crippen LogP contribution in [0.4, 0.5) is 10.5 Å². The molecule has 0 radical (unpaired) electrons. The molecule has 3 rings (SSSR count). The van der Waals surface area contributed by atoms with E-state index in [1.54, 1.807) is 6.92 Å². The normalized spacial score (nSPS) is 15.9. The third-order valence-corrected chi connectivity index (χ3v) is 3.61.